The van der Waals surface area contributed by atoms with Gasteiger partial charge in [-0.05, 0) is 36.8 Å². The maximum Gasteiger partial charge on any atom is 0.232 e. The highest BCUT2D eigenvalue weighted by atomic mass is 32.2. The Balaban J connectivity index is 1.52. The van der Waals surface area contributed by atoms with Crippen LogP contribution in [0, 0.1) is 6.92 Å². The van der Waals surface area contributed by atoms with Crippen LogP contribution in [0.5, 0.6) is 5.75 Å². The van der Waals surface area contributed by atoms with Gasteiger partial charge in [0.15, 0.2) is 5.16 Å². The summed E-state index contributed by atoms with van der Waals surface area (Å²) in [5.74, 6) is 2.26. The molecule has 9 heteroatoms. The molecule has 30 heavy (non-hydrogen) atoms. The first-order valence-electron chi connectivity index (χ1n) is 9.26. The van der Waals surface area contributed by atoms with Gasteiger partial charge in [-0.15, -0.1) is 0 Å². The van der Waals surface area contributed by atoms with Gasteiger partial charge in [0, 0.05) is 18.1 Å². The molecular weight excluding hydrogens is 398 g/mol. The van der Waals surface area contributed by atoms with Gasteiger partial charge in [-0.3, -0.25) is 4.57 Å². The molecule has 0 amide bonds. The van der Waals surface area contributed by atoms with Gasteiger partial charge in [-0.1, -0.05) is 36.0 Å². The summed E-state index contributed by atoms with van der Waals surface area (Å²) < 4.78 is 7.40. The highest BCUT2D eigenvalue weighted by Gasteiger charge is 2.11. The van der Waals surface area contributed by atoms with Crippen molar-refractivity contribution in [2.24, 2.45) is 0 Å². The summed E-state index contributed by atoms with van der Waals surface area (Å²) in [4.78, 5) is 17.4. The van der Waals surface area contributed by atoms with E-state index in [1.54, 1.807) is 13.3 Å². The summed E-state index contributed by atoms with van der Waals surface area (Å²) in [6.45, 7) is 2.07. The Morgan fingerprint density at radius 2 is 1.97 bits per heavy atom. The fourth-order valence-electron chi connectivity index (χ4n) is 2.93. The van der Waals surface area contributed by atoms with Crippen LogP contribution in [-0.4, -0.2) is 31.6 Å². The fourth-order valence-corrected chi connectivity index (χ4v) is 3.75. The van der Waals surface area contributed by atoms with Gasteiger partial charge in [0.1, 0.15) is 11.6 Å². The number of nitrogens with one attached hydrogen (secondary N) is 1. The van der Waals surface area contributed by atoms with Crippen molar-refractivity contribution in [3.63, 3.8) is 0 Å². The van der Waals surface area contributed by atoms with Crippen molar-refractivity contribution < 1.29 is 4.74 Å². The van der Waals surface area contributed by atoms with Crippen molar-refractivity contribution in [2.45, 2.75) is 17.8 Å². The Hall–Kier alpha value is -3.59. The molecule has 0 saturated heterocycles. The van der Waals surface area contributed by atoms with Crippen molar-refractivity contribution in [1.82, 2.24) is 24.5 Å². The van der Waals surface area contributed by atoms with Crippen LogP contribution in [0.2, 0.25) is 0 Å². The van der Waals surface area contributed by atoms with Crippen molar-refractivity contribution in [2.75, 3.05) is 18.2 Å². The standard InChI is InChI=1S/C21H21N7OS/c1-14-6-5-7-15(12-14)28-11-10-23-21(28)30-13-18-25-19(22)27-20(26-18)24-16-8-3-4-9-17(16)29-2/h3-12H,13H2,1-2H3,(H3,22,24,25,26,27). The van der Waals surface area contributed by atoms with Gasteiger partial charge in [-0.2, -0.15) is 15.0 Å². The Morgan fingerprint density at radius 1 is 1.10 bits per heavy atom. The smallest absolute Gasteiger partial charge is 0.232 e. The highest BCUT2D eigenvalue weighted by molar-refractivity contribution is 7.98. The number of para-hydroxylation sites is 2. The number of ether oxygens (including phenoxy) is 1. The molecule has 0 aliphatic carbocycles. The number of thioether (sulfide) groups is 1. The molecule has 0 atom stereocenters. The summed E-state index contributed by atoms with van der Waals surface area (Å²) in [5, 5.41) is 3.99. The van der Waals surface area contributed by atoms with E-state index in [0.717, 1.165) is 16.5 Å². The van der Waals surface area contributed by atoms with E-state index in [1.807, 2.05) is 41.1 Å². The van der Waals surface area contributed by atoms with Gasteiger partial charge in [-0.25, -0.2) is 4.98 Å². The van der Waals surface area contributed by atoms with Gasteiger partial charge in [0.2, 0.25) is 11.9 Å². The minimum atomic E-state index is 0.153. The molecule has 0 saturated carbocycles. The Bertz CT molecular complexity index is 1160. The summed E-state index contributed by atoms with van der Waals surface area (Å²) in [6, 6.07) is 15.8. The van der Waals surface area contributed by atoms with E-state index in [1.165, 1.54) is 17.3 Å². The normalized spacial score (nSPS) is 10.7. The number of benzene rings is 2. The van der Waals surface area contributed by atoms with Crippen molar-refractivity contribution in [3.05, 3.63) is 72.3 Å². The minimum absolute atomic E-state index is 0.153. The molecule has 4 aromatic rings. The van der Waals surface area contributed by atoms with E-state index in [4.69, 9.17) is 10.5 Å². The number of anilines is 3. The second-order valence-electron chi connectivity index (χ2n) is 6.47. The Kier molecular flexibility index (Phi) is 5.80. The monoisotopic (exact) mass is 419 g/mol. The van der Waals surface area contributed by atoms with Gasteiger partial charge < -0.3 is 15.8 Å². The maximum absolute atomic E-state index is 5.91. The predicted molar refractivity (Wildman–Crippen MR) is 118 cm³/mol. The second-order valence-corrected chi connectivity index (χ2v) is 7.41. The molecule has 152 valence electrons. The lowest BCUT2D eigenvalue weighted by Gasteiger charge is -2.11. The molecule has 0 aliphatic rings. The first-order chi connectivity index (χ1) is 14.6. The third-order valence-corrected chi connectivity index (χ3v) is 5.23. The molecule has 2 aromatic heterocycles. The first-order valence-corrected chi connectivity index (χ1v) is 10.2. The average Bonchev–Trinajstić information content (AvgIpc) is 3.21. The summed E-state index contributed by atoms with van der Waals surface area (Å²) in [5.41, 5.74) is 8.90. The lowest BCUT2D eigenvalue weighted by atomic mass is 10.2. The van der Waals surface area contributed by atoms with Crippen LogP contribution in [0.3, 0.4) is 0 Å². The quantitative estimate of drug-likeness (QED) is 0.433. The average molecular weight is 420 g/mol. The zero-order valence-electron chi connectivity index (χ0n) is 16.6. The lowest BCUT2D eigenvalue weighted by Crippen LogP contribution is -2.07. The molecule has 2 heterocycles. The predicted octanol–water partition coefficient (Wildman–Crippen LogP) is 3.99. The molecule has 4 rings (SSSR count). The fraction of sp³-hybridized carbons (Fsp3) is 0.143. The van der Waals surface area contributed by atoms with Crippen LogP contribution in [-0.2, 0) is 5.75 Å². The van der Waals surface area contributed by atoms with Crippen LogP contribution in [0.4, 0.5) is 17.6 Å². The molecule has 0 unspecified atom stereocenters. The molecule has 0 bridgehead atoms. The lowest BCUT2D eigenvalue weighted by molar-refractivity contribution is 0.417. The summed E-state index contributed by atoms with van der Waals surface area (Å²) >= 11 is 1.53. The first kappa shape index (κ1) is 19.7. The van der Waals surface area contributed by atoms with Crippen LogP contribution in [0.15, 0.2) is 66.1 Å². The van der Waals surface area contributed by atoms with Crippen molar-refractivity contribution in [3.8, 4) is 11.4 Å². The zero-order chi connectivity index (χ0) is 20.9. The van der Waals surface area contributed by atoms with Gasteiger partial charge >= 0.3 is 0 Å². The van der Waals surface area contributed by atoms with Crippen molar-refractivity contribution in [1.29, 1.82) is 0 Å². The van der Waals surface area contributed by atoms with Gasteiger partial charge in [0.05, 0.1) is 18.6 Å². The number of aryl methyl sites for hydroxylation is 1. The minimum Gasteiger partial charge on any atom is -0.495 e. The summed E-state index contributed by atoms with van der Waals surface area (Å²) in [6.07, 6.45) is 3.72. The number of methoxy groups -OCH3 is 1. The van der Waals surface area contributed by atoms with E-state index in [9.17, 15) is 0 Å². The maximum atomic E-state index is 5.91. The van der Waals surface area contributed by atoms with E-state index in [0.29, 0.717) is 23.3 Å². The van der Waals surface area contributed by atoms with Crippen LogP contribution < -0.4 is 15.8 Å². The number of imidazole rings is 1. The Labute approximate surface area is 178 Å². The second kappa shape index (κ2) is 8.83. The highest BCUT2D eigenvalue weighted by Crippen LogP contribution is 2.27. The molecule has 0 spiro atoms. The number of rotatable bonds is 7. The van der Waals surface area contributed by atoms with E-state index in [2.05, 4.69) is 50.4 Å². The Morgan fingerprint density at radius 3 is 2.80 bits per heavy atom. The molecule has 3 N–H and O–H groups in total. The van der Waals surface area contributed by atoms with Crippen LogP contribution in [0.25, 0.3) is 5.69 Å². The van der Waals surface area contributed by atoms with E-state index < -0.39 is 0 Å². The molecular formula is C21H21N7OS. The van der Waals surface area contributed by atoms with Crippen LogP contribution in [0.1, 0.15) is 11.4 Å². The van der Waals surface area contributed by atoms with Crippen molar-refractivity contribution >= 4 is 29.3 Å². The number of nitrogen functional groups attached to an aromatic ring is 1. The topological polar surface area (TPSA) is 104 Å². The summed E-state index contributed by atoms with van der Waals surface area (Å²) in [7, 11) is 1.61. The molecule has 2 aromatic carbocycles. The number of nitrogens with zero attached hydrogens (tertiary/aromatic N) is 5. The van der Waals surface area contributed by atoms with E-state index in [-0.39, 0.29) is 5.95 Å². The van der Waals surface area contributed by atoms with Gasteiger partial charge in [0.25, 0.3) is 0 Å². The largest absolute Gasteiger partial charge is 0.495 e. The number of hydrogen-bond acceptors (Lipinski definition) is 8. The zero-order valence-corrected chi connectivity index (χ0v) is 17.4. The third kappa shape index (κ3) is 4.52. The molecule has 0 fully saturated rings. The molecule has 0 aliphatic heterocycles. The van der Waals surface area contributed by atoms with Crippen LogP contribution >= 0.6 is 11.8 Å². The SMILES string of the molecule is COc1ccccc1Nc1nc(N)nc(CSc2nccn2-c2cccc(C)c2)n1. The van der Waals surface area contributed by atoms with E-state index >= 15 is 0 Å². The molecule has 8 nitrogen and oxygen atoms in total. The number of nitrogens with two attached hydrogens (primary N) is 1. The third-order valence-electron chi connectivity index (χ3n) is 4.27. The number of aromatic nitrogens is 5. The number of hydrogen-bond donors (Lipinski definition) is 2. The molecule has 0 radical (unpaired) electrons.